The van der Waals surface area contributed by atoms with Gasteiger partial charge >= 0.3 is 18.9 Å². The third-order valence-electron chi connectivity index (χ3n) is 9.99. The van der Waals surface area contributed by atoms with E-state index in [-0.39, 0.29) is 18.9 Å². The molecule has 0 amide bonds. The van der Waals surface area contributed by atoms with Crippen LogP contribution in [0.3, 0.4) is 0 Å². The van der Waals surface area contributed by atoms with E-state index < -0.39 is 12.0 Å². The van der Waals surface area contributed by atoms with Gasteiger partial charge in [0.05, 0.1) is 5.97 Å². The number of hydrogen-bond donors (Lipinski definition) is 0. The zero-order valence-corrected chi connectivity index (χ0v) is 31.8. The van der Waals surface area contributed by atoms with E-state index >= 15 is 0 Å². The first-order valence-corrected chi connectivity index (χ1v) is 20.6. The van der Waals surface area contributed by atoms with E-state index in [2.05, 4.69) is 18.7 Å². The zero-order chi connectivity index (χ0) is 32.2. The SMILES string of the molecule is CCCCCCCCCCCCCCCCCCCN(CCCCCCCCCCCCCCCCCCC)C(C)C(=O)[O-].[Li+]. The minimum atomic E-state index is -0.913. The Hall–Kier alpha value is 0.0274. The number of carboxylic acids is 1. The Labute approximate surface area is 296 Å². The van der Waals surface area contributed by atoms with E-state index in [1.807, 2.05) is 6.92 Å². The summed E-state index contributed by atoms with van der Waals surface area (Å²) >= 11 is 0. The Morgan fingerprint density at radius 3 is 0.756 bits per heavy atom. The van der Waals surface area contributed by atoms with Crippen LogP contribution in [0.4, 0.5) is 0 Å². The van der Waals surface area contributed by atoms with Crippen LogP contribution in [0, 0.1) is 0 Å². The third-order valence-corrected chi connectivity index (χ3v) is 9.99. The summed E-state index contributed by atoms with van der Waals surface area (Å²) in [6, 6.07) is -0.461. The Morgan fingerprint density at radius 2 is 0.578 bits per heavy atom. The maximum atomic E-state index is 11.6. The molecule has 1 atom stereocenters. The fraction of sp³-hybridized carbons (Fsp3) is 0.976. The second-order valence-corrected chi connectivity index (χ2v) is 14.3. The van der Waals surface area contributed by atoms with Crippen LogP contribution in [0.2, 0.25) is 0 Å². The van der Waals surface area contributed by atoms with Gasteiger partial charge in [0.1, 0.15) is 0 Å². The maximum absolute atomic E-state index is 11.6. The zero-order valence-electron chi connectivity index (χ0n) is 31.8. The Kier molecular flexibility index (Phi) is 42.1. The number of carbonyl (C=O) groups is 1. The summed E-state index contributed by atoms with van der Waals surface area (Å²) in [5.41, 5.74) is 0. The summed E-state index contributed by atoms with van der Waals surface area (Å²) in [4.78, 5) is 13.7. The Bertz CT molecular complexity index is 520. The molecule has 0 aromatic rings. The summed E-state index contributed by atoms with van der Waals surface area (Å²) in [6.45, 7) is 8.22. The van der Waals surface area contributed by atoms with Crippen molar-refractivity contribution in [2.24, 2.45) is 0 Å². The molecule has 0 heterocycles. The first kappa shape index (κ1) is 47.1. The van der Waals surface area contributed by atoms with Crippen LogP contribution in [0.25, 0.3) is 0 Å². The molecule has 264 valence electrons. The molecule has 0 aromatic heterocycles. The molecule has 3 nitrogen and oxygen atoms in total. The first-order chi connectivity index (χ1) is 21.6. The molecule has 4 heteroatoms. The van der Waals surface area contributed by atoms with Gasteiger partial charge in [-0.1, -0.05) is 219 Å². The molecule has 0 aliphatic rings. The van der Waals surface area contributed by atoms with Gasteiger partial charge in [-0.25, -0.2) is 0 Å². The van der Waals surface area contributed by atoms with Crippen molar-refractivity contribution >= 4 is 5.97 Å². The van der Waals surface area contributed by atoms with Crippen molar-refractivity contribution in [3.05, 3.63) is 0 Å². The van der Waals surface area contributed by atoms with Crippen molar-refractivity contribution < 1.29 is 28.8 Å². The number of carbonyl (C=O) groups excluding carboxylic acids is 1. The van der Waals surface area contributed by atoms with Gasteiger partial charge in [-0.05, 0) is 32.9 Å². The van der Waals surface area contributed by atoms with E-state index in [1.54, 1.807) is 0 Å². The van der Waals surface area contributed by atoms with Crippen LogP contribution in [0.5, 0.6) is 0 Å². The van der Waals surface area contributed by atoms with Crippen LogP contribution in [-0.2, 0) is 4.79 Å². The van der Waals surface area contributed by atoms with Gasteiger partial charge in [0.15, 0.2) is 0 Å². The van der Waals surface area contributed by atoms with Crippen molar-refractivity contribution in [1.82, 2.24) is 4.90 Å². The van der Waals surface area contributed by atoms with Crippen LogP contribution >= 0.6 is 0 Å². The first-order valence-electron chi connectivity index (χ1n) is 20.6. The van der Waals surface area contributed by atoms with Crippen molar-refractivity contribution in [2.75, 3.05) is 13.1 Å². The number of carboxylic acid groups (broad SMARTS) is 1. The van der Waals surface area contributed by atoms with Gasteiger partial charge in [-0.2, -0.15) is 0 Å². The monoisotopic (exact) mass is 628 g/mol. The topological polar surface area (TPSA) is 43.4 Å². The van der Waals surface area contributed by atoms with Gasteiger partial charge < -0.3 is 9.90 Å². The normalized spacial score (nSPS) is 12.1. The van der Waals surface area contributed by atoms with Crippen molar-refractivity contribution in [1.29, 1.82) is 0 Å². The van der Waals surface area contributed by atoms with Gasteiger partial charge in [0, 0.05) is 6.04 Å². The average molecular weight is 628 g/mol. The van der Waals surface area contributed by atoms with E-state index in [0.29, 0.717) is 0 Å². The molecular weight excluding hydrogens is 545 g/mol. The second-order valence-electron chi connectivity index (χ2n) is 14.3. The van der Waals surface area contributed by atoms with Crippen LogP contribution in [0.15, 0.2) is 0 Å². The maximum Gasteiger partial charge on any atom is 1.00 e. The smallest absolute Gasteiger partial charge is 0.548 e. The molecule has 0 fully saturated rings. The average Bonchev–Trinajstić information content (AvgIpc) is 3.02. The molecule has 0 rings (SSSR count). The molecule has 0 spiro atoms. The Balaban J connectivity index is 0. The summed E-state index contributed by atoms with van der Waals surface area (Å²) in [5.74, 6) is -0.913. The molecule has 0 N–H and O–H groups in total. The molecule has 0 aliphatic heterocycles. The van der Waals surface area contributed by atoms with E-state index in [1.165, 1.54) is 205 Å². The van der Waals surface area contributed by atoms with Crippen LogP contribution in [0.1, 0.15) is 239 Å². The molecule has 0 aromatic carbocycles. The predicted molar refractivity (Wildman–Crippen MR) is 194 cm³/mol. The Morgan fingerprint density at radius 1 is 0.400 bits per heavy atom. The molecule has 0 saturated heterocycles. The number of hydrogen-bond acceptors (Lipinski definition) is 3. The van der Waals surface area contributed by atoms with Crippen molar-refractivity contribution in [3.63, 3.8) is 0 Å². The molecule has 0 saturated carbocycles. The van der Waals surface area contributed by atoms with Gasteiger partial charge in [-0.3, -0.25) is 4.90 Å². The fourth-order valence-electron chi connectivity index (χ4n) is 6.73. The second kappa shape index (κ2) is 40.2. The summed E-state index contributed by atoms with van der Waals surface area (Å²) < 4.78 is 0. The number of rotatable bonds is 38. The molecular formula is C41H82LiNO2. The van der Waals surface area contributed by atoms with Gasteiger partial charge in [0.2, 0.25) is 0 Å². The van der Waals surface area contributed by atoms with Gasteiger partial charge in [0.25, 0.3) is 0 Å². The number of nitrogens with zero attached hydrogens (tertiary/aromatic N) is 1. The van der Waals surface area contributed by atoms with Crippen LogP contribution in [-0.4, -0.2) is 30.0 Å². The summed E-state index contributed by atoms with van der Waals surface area (Å²) in [6.07, 6.45) is 46.9. The largest absolute Gasteiger partial charge is 1.00 e. The number of aliphatic carboxylic acids is 1. The summed E-state index contributed by atoms with van der Waals surface area (Å²) in [7, 11) is 0. The molecule has 0 radical (unpaired) electrons. The number of unbranched alkanes of at least 4 members (excludes halogenated alkanes) is 32. The van der Waals surface area contributed by atoms with Crippen molar-refractivity contribution in [3.8, 4) is 0 Å². The third kappa shape index (κ3) is 36.7. The minimum Gasteiger partial charge on any atom is -0.548 e. The predicted octanol–water partition coefficient (Wildman–Crippen LogP) is 9.73. The summed E-state index contributed by atoms with van der Waals surface area (Å²) in [5, 5.41) is 11.6. The van der Waals surface area contributed by atoms with E-state index in [0.717, 1.165) is 25.9 Å². The van der Waals surface area contributed by atoms with E-state index in [4.69, 9.17) is 0 Å². The standard InChI is InChI=1S/C41H83NO2.Li/c1-4-6-8-10-12-14-16-18-20-22-24-26-28-30-32-34-36-38-42(40(3)41(43)44)39-37-35-33-31-29-27-25-23-21-19-17-15-13-11-9-7-5-2;/h40H,4-39H2,1-3H3,(H,43,44);/q;+1/p-1. The molecule has 1 unspecified atom stereocenters. The van der Waals surface area contributed by atoms with Crippen LogP contribution < -0.4 is 24.0 Å². The van der Waals surface area contributed by atoms with E-state index in [9.17, 15) is 9.90 Å². The minimum absolute atomic E-state index is 0. The molecule has 0 bridgehead atoms. The molecule has 0 aliphatic carbocycles. The quantitative estimate of drug-likeness (QED) is 0.0506. The van der Waals surface area contributed by atoms with Crippen molar-refractivity contribution in [2.45, 2.75) is 245 Å². The molecule has 45 heavy (non-hydrogen) atoms. The fourth-order valence-corrected chi connectivity index (χ4v) is 6.73. The van der Waals surface area contributed by atoms with Gasteiger partial charge in [-0.15, -0.1) is 0 Å².